The largest absolute Gasteiger partial charge is 1.00 e. The SMILES string of the molecule is C=C1CC2C=Nc3cc([O-])c(OC)cc3C(=O)N2C1.[K+]. The van der Waals surface area contributed by atoms with Crippen LogP contribution in [0, 0.1) is 0 Å². The van der Waals surface area contributed by atoms with Crippen LogP contribution in [0.15, 0.2) is 29.3 Å². The van der Waals surface area contributed by atoms with Crippen molar-refractivity contribution in [3.63, 3.8) is 0 Å². The monoisotopic (exact) mass is 296 g/mol. The van der Waals surface area contributed by atoms with E-state index in [-0.39, 0.29) is 74.8 Å². The Bertz CT molecular complexity index is 613. The van der Waals surface area contributed by atoms with Crippen LogP contribution >= 0.6 is 0 Å². The van der Waals surface area contributed by atoms with Gasteiger partial charge in [0, 0.05) is 12.8 Å². The summed E-state index contributed by atoms with van der Waals surface area (Å²) in [4.78, 5) is 18.5. The van der Waals surface area contributed by atoms with Crippen LogP contribution in [0.1, 0.15) is 16.8 Å². The van der Waals surface area contributed by atoms with Crippen molar-refractivity contribution in [2.45, 2.75) is 12.5 Å². The summed E-state index contributed by atoms with van der Waals surface area (Å²) in [5, 5.41) is 11.7. The summed E-state index contributed by atoms with van der Waals surface area (Å²) < 4.78 is 4.98. The van der Waals surface area contributed by atoms with Gasteiger partial charge in [0.15, 0.2) is 0 Å². The van der Waals surface area contributed by atoms with E-state index in [0.29, 0.717) is 17.8 Å². The van der Waals surface area contributed by atoms with E-state index in [0.717, 1.165) is 12.0 Å². The molecule has 98 valence electrons. The van der Waals surface area contributed by atoms with Gasteiger partial charge in [-0.2, -0.15) is 0 Å². The zero-order valence-corrected chi connectivity index (χ0v) is 14.7. The molecule has 2 heterocycles. The molecule has 1 saturated heterocycles. The molecule has 2 aliphatic heterocycles. The van der Waals surface area contributed by atoms with Gasteiger partial charge in [-0.3, -0.25) is 9.79 Å². The summed E-state index contributed by atoms with van der Waals surface area (Å²) >= 11 is 0. The Morgan fingerprint density at radius 2 is 2.25 bits per heavy atom. The molecule has 1 fully saturated rings. The van der Waals surface area contributed by atoms with Gasteiger partial charge in [-0.25, -0.2) is 0 Å². The quantitative estimate of drug-likeness (QED) is 0.456. The molecule has 5 nitrogen and oxygen atoms in total. The average molecular weight is 296 g/mol. The molecule has 20 heavy (non-hydrogen) atoms. The molecule has 6 heteroatoms. The molecule has 0 spiro atoms. The Morgan fingerprint density at radius 3 is 2.95 bits per heavy atom. The fraction of sp³-hybridized carbons (Fsp3) is 0.286. The smallest absolute Gasteiger partial charge is 0.870 e. The Morgan fingerprint density at radius 1 is 1.50 bits per heavy atom. The van der Waals surface area contributed by atoms with Crippen molar-refractivity contribution < 1.29 is 66.0 Å². The standard InChI is InChI=1S/C14H14N2O3.K/c1-8-3-9-6-15-11-5-12(17)13(19-2)4-10(11)14(18)16(9)7-8;/h4-6,9,17H,1,3,7H2,2H3;/q;+1/p-1. The van der Waals surface area contributed by atoms with Crippen molar-refractivity contribution in [3.05, 3.63) is 29.8 Å². The molecule has 0 aliphatic carbocycles. The molecule has 1 atom stereocenters. The van der Waals surface area contributed by atoms with E-state index in [1.54, 1.807) is 11.1 Å². The van der Waals surface area contributed by atoms with Gasteiger partial charge >= 0.3 is 51.4 Å². The number of carbonyl (C=O) groups is 1. The zero-order chi connectivity index (χ0) is 13.6. The summed E-state index contributed by atoms with van der Waals surface area (Å²) in [5.41, 5.74) is 1.83. The summed E-state index contributed by atoms with van der Waals surface area (Å²) in [7, 11) is 1.41. The van der Waals surface area contributed by atoms with Crippen LogP contribution < -0.4 is 61.2 Å². The predicted octanol–water partition coefficient (Wildman–Crippen LogP) is -1.74. The number of nitrogens with zero attached hydrogens (tertiary/aromatic N) is 2. The predicted molar refractivity (Wildman–Crippen MR) is 69.2 cm³/mol. The Balaban J connectivity index is 0.00000147. The van der Waals surface area contributed by atoms with Gasteiger partial charge in [0.25, 0.3) is 5.91 Å². The molecule has 0 bridgehead atoms. The Labute approximate surface area is 159 Å². The van der Waals surface area contributed by atoms with E-state index >= 15 is 0 Å². The van der Waals surface area contributed by atoms with Crippen LogP contribution in [-0.4, -0.2) is 36.7 Å². The van der Waals surface area contributed by atoms with Crippen molar-refractivity contribution in [3.8, 4) is 11.5 Å². The van der Waals surface area contributed by atoms with Crippen LogP contribution in [0.4, 0.5) is 5.69 Å². The van der Waals surface area contributed by atoms with Crippen molar-refractivity contribution in [2.24, 2.45) is 4.99 Å². The number of hydrogen-bond acceptors (Lipinski definition) is 4. The minimum absolute atomic E-state index is 0. The normalized spacial score (nSPS) is 20.1. The minimum Gasteiger partial charge on any atom is -0.870 e. The number of aliphatic imine (C=N–C) groups is 1. The molecule has 0 N–H and O–H groups in total. The third-order valence-electron chi connectivity index (χ3n) is 3.45. The fourth-order valence-corrected chi connectivity index (χ4v) is 2.49. The molecule has 0 saturated carbocycles. The van der Waals surface area contributed by atoms with Gasteiger partial charge in [-0.05, 0) is 18.6 Å². The van der Waals surface area contributed by atoms with E-state index in [1.807, 2.05) is 0 Å². The van der Waals surface area contributed by atoms with Crippen LogP contribution in [0.3, 0.4) is 0 Å². The number of methoxy groups -OCH3 is 1. The van der Waals surface area contributed by atoms with Gasteiger partial charge in [0.1, 0.15) is 5.75 Å². The molecule has 1 aromatic carbocycles. The third-order valence-corrected chi connectivity index (χ3v) is 3.45. The van der Waals surface area contributed by atoms with E-state index < -0.39 is 0 Å². The molecule has 0 radical (unpaired) electrons. The first-order valence-electron chi connectivity index (χ1n) is 6.01. The van der Waals surface area contributed by atoms with Gasteiger partial charge < -0.3 is 14.7 Å². The second-order valence-corrected chi connectivity index (χ2v) is 4.75. The molecule has 1 unspecified atom stereocenters. The van der Waals surface area contributed by atoms with E-state index in [4.69, 9.17) is 4.74 Å². The van der Waals surface area contributed by atoms with Crippen LogP contribution in [-0.2, 0) is 0 Å². The molecule has 1 amide bonds. The maximum atomic E-state index is 12.5. The molecular weight excluding hydrogens is 283 g/mol. The maximum Gasteiger partial charge on any atom is 1.00 e. The van der Waals surface area contributed by atoms with Gasteiger partial charge in [0.05, 0.1) is 24.4 Å². The number of fused-ring (bicyclic) bond motifs is 2. The van der Waals surface area contributed by atoms with Crippen LogP contribution in [0.25, 0.3) is 0 Å². The van der Waals surface area contributed by atoms with Gasteiger partial charge in [-0.15, -0.1) is 0 Å². The van der Waals surface area contributed by atoms with Crippen molar-refractivity contribution in [2.75, 3.05) is 13.7 Å². The molecule has 3 rings (SSSR count). The first-order chi connectivity index (χ1) is 9.10. The van der Waals surface area contributed by atoms with Gasteiger partial charge in [-0.1, -0.05) is 17.9 Å². The van der Waals surface area contributed by atoms with Crippen LogP contribution in [0.2, 0.25) is 0 Å². The van der Waals surface area contributed by atoms with E-state index in [9.17, 15) is 9.90 Å². The third kappa shape index (κ3) is 2.58. The van der Waals surface area contributed by atoms with E-state index in [2.05, 4.69) is 11.6 Å². The summed E-state index contributed by atoms with van der Waals surface area (Å²) in [6.45, 7) is 4.46. The first-order valence-corrected chi connectivity index (χ1v) is 6.01. The number of carbonyl (C=O) groups excluding carboxylic acids is 1. The number of amides is 1. The Hall–Kier alpha value is -0.664. The number of ether oxygens (including phenoxy) is 1. The van der Waals surface area contributed by atoms with Crippen LogP contribution in [0.5, 0.6) is 11.5 Å². The van der Waals surface area contributed by atoms with Crippen molar-refractivity contribution >= 4 is 17.8 Å². The molecule has 0 aromatic heterocycles. The topological polar surface area (TPSA) is 65.0 Å². The van der Waals surface area contributed by atoms with Crippen molar-refractivity contribution in [1.82, 2.24) is 4.90 Å². The molecule has 2 aliphatic rings. The Kier molecular flexibility index (Phi) is 4.71. The second-order valence-electron chi connectivity index (χ2n) is 4.75. The zero-order valence-electron chi connectivity index (χ0n) is 11.5. The van der Waals surface area contributed by atoms with Gasteiger partial charge in [0.2, 0.25) is 0 Å². The number of benzene rings is 1. The second kappa shape index (κ2) is 5.99. The first kappa shape index (κ1) is 15.7. The number of rotatable bonds is 1. The average Bonchev–Trinajstić information content (AvgIpc) is 2.71. The summed E-state index contributed by atoms with van der Waals surface area (Å²) in [5.74, 6) is -0.231. The maximum absolute atomic E-state index is 12.5. The number of hydrogen-bond donors (Lipinski definition) is 0. The van der Waals surface area contributed by atoms with E-state index in [1.165, 1.54) is 19.2 Å². The van der Waals surface area contributed by atoms with Crippen molar-refractivity contribution in [1.29, 1.82) is 0 Å². The minimum atomic E-state index is -0.266. The molecule has 1 aromatic rings. The summed E-state index contributed by atoms with van der Waals surface area (Å²) in [6.07, 6.45) is 2.44. The molecular formula is C14H13KN2O3. The fourth-order valence-electron chi connectivity index (χ4n) is 2.49. The summed E-state index contributed by atoms with van der Waals surface area (Å²) in [6, 6.07) is 2.76.